The molecule has 1 saturated heterocycles. The number of aromatic nitrogens is 2. The Morgan fingerprint density at radius 1 is 1.47 bits per heavy atom. The number of rotatable bonds is 2. The lowest BCUT2D eigenvalue weighted by molar-refractivity contribution is 0.329. The van der Waals surface area contributed by atoms with E-state index < -0.39 is 16.2 Å². The third-order valence-corrected chi connectivity index (χ3v) is 5.16. The molecule has 0 bridgehead atoms. The van der Waals surface area contributed by atoms with E-state index in [1.54, 1.807) is 6.92 Å². The van der Waals surface area contributed by atoms with Crippen LogP contribution in [0.25, 0.3) is 0 Å². The SMILES string of the molecule is Cc1[nH]ncc1S(=O)(=O)N1CCCCCC1N. The summed E-state index contributed by atoms with van der Waals surface area (Å²) in [7, 11) is -3.51. The second-order valence-corrected chi connectivity index (χ2v) is 6.25. The molecule has 17 heavy (non-hydrogen) atoms. The van der Waals surface area contributed by atoms with Gasteiger partial charge in [-0.15, -0.1) is 0 Å². The van der Waals surface area contributed by atoms with Crippen molar-refractivity contribution in [2.75, 3.05) is 6.54 Å². The molecule has 1 fully saturated rings. The van der Waals surface area contributed by atoms with Crippen LogP contribution >= 0.6 is 0 Å². The number of sulfonamides is 1. The average molecular weight is 258 g/mol. The van der Waals surface area contributed by atoms with E-state index in [0.29, 0.717) is 12.2 Å². The van der Waals surface area contributed by atoms with E-state index in [1.807, 2.05) is 0 Å². The van der Waals surface area contributed by atoms with Crippen molar-refractivity contribution in [1.82, 2.24) is 14.5 Å². The minimum atomic E-state index is -3.51. The number of aromatic amines is 1. The van der Waals surface area contributed by atoms with Gasteiger partial charge >= 0.3 is 0 Å². The van der Waals surface area contributed by atoms with Crippen molar-refractivity contribution in [1.29, 1.82) is 0 Å². The number of hydrogen-bond acceptors (Lipinski definition) is 4. The second kappa shape index (κ2) is 4.75. The second-order valence-electron chi connectivity index (χ2n) is 4.39. The summed E-state index contributed by atoms with van der Waals surface area (Å²) in [5.74, 6) is 0. The van der Waals surface area contributed by atoms with Crippen LogP contribution in [-0.4, -0.2) is 35.6 Å². The summed E-state index contributed by atoms with van der Waals surface area (Å²) in [5.41, 5.74) is 6.49. The molecule has 2 rings (SSSR count). The molecule has 0 radical (unpaired) electrons. The predicted molar refractivity (Wildman–Crippen MR) is 63.7 cm³/mol. The standard InChI is InChI=1S/C10H18N4O2S/c1-8-9(7-12-13-8)17(15,16)14-6-4-2-3-5-10(14)11/h7,10H,2-6,11H2,1H3,(H,12,13). The van der Waals surface area contributed by atoms with Gasteiger partial charge in [0, 0.05) is 6.54 Å². The van der Waals surface area contributed by atoms with Crippen LogP contribution in [0.3, 0.4) is 0 Å². The monoisotopic (exact) mass is 258 g/mol. The highest BCUT2D eigenvalue weighted by Crippen LogP contribution is 2.23. The van der Waals surface area contributed by atoms with Crippen LogP contribution < -0.4 is 5.73 Å². The van der Waals surface area contributed by atoms with Gasteiger partial charge in [0.25, 0.3) is 0 Å². The molecule has 1 unspecified atom stereocenters. The van der Waals surface area contributed by atoms with Crippen LogP contribution in [0.5, 0.6) is 0 Å². The van der Waals surface area contributed by atoms with Gasteiger partial charge in [-0.2, -0.15) is 9.40 Å². The minimum Gasteiger partial charge on any atom is -0.315 e. The molecule has 96 valence electrons. The molecule has 0 aliphatic carbocycles. The van der Waals surface area contributed by atoms with Crippen molar-refractivity contribution in [2.24, 2.45) is 5.73 Å². The molecule has 7 heteroatoms. The van der Waals surface area contributed by atoms with Gasteiger partial charge in [-0.1, -0.05) is 12.8 Å². The van der Waals surface area contributed by atoms with Gasteiger partial charge in [0.05, 0.1) is 18.1 Å². The molecule has 2 heterocycles. The Balaban J connectivity index is 2.34. The Morgan fingerprint density at radius 3 is 2.88 bits per heavy atom. The summed E-state index contributed by atoms with van der Waals surface area (Å²) in [5, 5.41) is 6.41. The highest BCUT2D eigenvalue weighted by Gasteiger charge is 2.32. The molecule has 3 N–H and O–H groups in total. The highest BCUT2D eigenvalue weighted by molar-refractivity contribution is 7.89. The Kier molecular flexibility index (Phi) is 3.50. The summed E-state index contributed by atoms with van der Waals surface area (Å²) in [6, 6.07) is 0. The summed E-state index contributed by atoms with van der Waals surface area (Å²) >= 11 is 0. The Labute approximate surface area is 101 Å². The first-order valence-corrected chi connectivity index (χ1v) is 7.25. The maximum Gasteiger partial charge on any atom is 0.247 e. The van der Waals surface area contributed by atoms with E-state index >= 15 is 0 Å². The molecule has 0 aromatic carbocycles. The van der Waals surface area contributed by atoms with E-state index in [9.17, 15) is 8.42 Å². The zero-order chi connectivity index (χ0) is 12.5. The smallest absolute Gasteiger partial charge is 0.247 e. The zero-order valence-corrected chi connectivity index (χ0v) is 10.7. The summed E-state index contributed by atoms with van der Waals surface area (Å²) in [6.07, 6.45) is 4.53. The quantitative estimate of drug-likeness (QED) is 0.811. The van der Waals surface area contributed by atoms with E-state index in [0.717, 1.165) is 25.7 Å². The van der Waals surface area contributed by atoms with Gasteiger partial charge in [-0.3, -0.25) is 5.10 Å². The number of nitrogens with one attached hydrogen (secondary N) is 1. The van der Waals surface area contributed by atoms with Gasteiger partial charge in [0.2, 0.25) is 10.0 Å². The molecule has 6 nitrogen and oxygen atoms in total. The first-order valence-electron chi connectivity index (χ1n) is 5.81. The third-order valence-electron chi connectivity index (χ3n) is 3.12. The van der Waals surface area contributed by atoms with Crippen LogP contribution in [0.4, 0.5) is 0 Å². The Hall–Kier alpha value is -0.920. The topological polar surface area (TPSA) is 92.1 Å². The van der Waals surface area contributed by atoms with Crippen molar-refractivity contribution in [3.05, 3.63) is 11.9 Å². The van der Waals surface area contributed by atoms with Crippen molar-refractivity contribution in [3.8, 4) is 0 Å². The number of nitrogens with two attached hydrogens (primary N) is 1. The number of H-pyrrole nitrogens is 1. The lowest BCUT2D eigenvalue weighted by Gasteiger charge is -2.25. The van der Waals surface area contributed by atoms with Crippen LogP contribution in [-0.2, 0) is 10.0 Å². The van der Waals surface area contributed by atoms with E-state index in [2.05, 4.69) is 10.2 Å². The van der Waals surface area contributed by atoms with Gasteiger partial charge in [-0.25, -0.2) is 8.42 Å². The van der Waals surface area contributed by atoms with E-state index in [4.69, 9.17) is 5.73 Å². The highest BCUT2D eigenvalue weighted by atomic mass is 32.2. The van der Waals surface area contributed by atoms with Gasteiger partial charge < -0.3 is 5.73 Å². The molecule has 1 atom stereocenters. The fourth-order valence-electron chi connectivity index (χ4n) is 2.13. The van der Waals surface area contributed by atoms with Gasteiger partial charge in [0.1, 0.15) is 4.90 Å². The molecule has 0 amide bonds. The minimum absolute atomic E-state index is 0.231. The number of nitrogens with zero attached hydrogens (tertiary/aromatic N) is 2. The average Bonchev–Trinajstić information content (AvgIpc) is 2.57. The first kappa shape index (κ1) is 12.5. The Bertz CT molecular complexity index is 482. The van der Waals surface area contributed by atoms with E-state index in [-0.39, 0.29) is 4.90 Å². The van der Waals surface area contributed by atoms with Crippen LogP contribution in [0.2, 0.25) is 0 Å². The lowest BCUT2D eigenvalue weighted by Crippen LogP contribution is -2.45. The molecule has 0 spiro atoms. The van der Waals surface area contributed by atoms with Crippen molar-refractivity contribution < 1.29 is 8.42 Å². The fraction of sp³-hybridized carbons (Fsp3) is 0.700. The predicted octanol–water partition coefficient (Wildman–Crippen LogP) is 0.568. The van der Waals surface area contributed by atoms with Gasteiger partial charge in [-0.05, 0) is 19.8 Å². The molecular formula is C10H18N4O2S. The lowest BCUT2D eigenvalue weighted by atomic mass is 10.2. The molecule has 1 aromatic rings. The molecule has 0 saturated carbocycles. The summed E-state index contributed by atoms with van der Waals surface area (Å²) in [4.78, 5) is 0.231. The molecular weight excluding hydrogens is 240 g/mol. The largest absolute Gasteiger partial charge is 0.315 e. The van der Waals surface area contributed by atoms with Crippen molar-refractivity contribution in [2.45, 2.75) is 43.7 Å². The Morgan fingerprint density at radius 2 is 2.24 bits per heavy atom. The maximum absolute atomic E-state index is 12.4. The number of hydrogen-bond donors (Lipinski definition) is 2. The zero-order valence-electron chi connectivity index (χ0n) is 9.89. The van der Waals surface area contributed by atoms with Crippen molar-refractivity contribution >= 4 is 10.0 Å². The number of aryl methyl sites for hydroxylation is 1. The normalized spacial score (nSPS) is 23.5. The van der Waals surface area contributed by atoms with Gasteiger partial charge in [0.15, 0.2) is 0 Å². The van der Waals surface area contributed by atoms with Crippen LogP contribution in [0.1, 0.15) is 31.4 Å². The van der Waals surface area contributed by atoms with Crippen LogP contribution in [0, 0.1) is 6.92 Å². The summed E-state index contributed by atoms with van der Waals surface area (Å²) in [6.45, 7) is 2.19. The van der Waals surface area contributed by atoms with Crippen molar-refractivity contribution in [3.63, 3.8) is 0 Å². The molecule has 1 aliphatic heterocycles. The van der Waals surface area contributed by atoms with Crippen LogP contribution in [0.15, 0.2) is 11.1 Å². The third kappa shape index (κ3) is 2.36. The first-order chi connectivity index (χ1) is 8.03. The fourth-order valence-corrected chi connectivity index (χ4v) is 3.83. The van der Waals surface area contributed by atoms with E-state index in [1.165, 1.54) is 10.5 Å². The molecule has 1 aromatic heterocycles. The maximum atomic E-state index is 12.4. The molecule has 1 aliphatic rings. The summed E-state index contributed by atoms with van der Waals surface area (Å²) < 4.78 is 26.2.